The fourth-order valence-electron chi connectivity index (χ4n) is 0.854. The normalized spacial score (nSPS) is 11.4. The summed E-state index contributed by atoms with van der Waals surface area (Å²) < 4.78 is 36.3. The van der Waals surface area contributed by atoms with Crippen molar-refractivity contribution in [2.45, 2.75) is 11.1 Å². The maximum atomic E-state index is 12.1. The summed E-state index contributed by atoms with van der Waals surface area (Å²) in [4.78, 5) is 9.17. The Labute approximate surface area is 82.1 Å². The molecule has 0 amide bonds. The van der Waals surface area contributed by atoms with Gasteiger partial charge in [-0.05, 0) is 12.1 Å². The summed E-state index contributed by atoms with van der Waals surface area (Å²) >= 11 is 3.60. The number of hydrogen-bond donors (Lipinski definition) is 1. The molecule has 1 aromatic carbocycles. The number of nitro benzene ring substituents is 1. The molecule has 0 aromatic heterocycles. The van der Waals surface area contributed by atoms with Crippen LogP contribution in [0, 0.1) is 10.1 Å². The predicted molar refractivity (Wildman–Crippen MR) is 45.4 cm³/mol. The van der Waals surface area contributed by atoms with E-state index in [9.17, 15) is 23.3 Å². The number of halogens is 3. The number of benzene rings is 1. The average molecular weight is 223 g/mol. The summed E-state index contributed by atoms with van der Waals surface area (Å²) in [7, 11) is 0. The zero-order valence-corrected chi connectivity index (χ0v) is 7.47. The van der Waals surface area contributed by atoms with Gasteiger partial charge in [-0.2, -0.15) is 13.2 Å². The van der Waals surface area contributed by atoms with Crippen molar-refractivity contribution >= 4 is 18.3 Å². The summed E-state index contributed by atoms with van der Waals surface area (Å²) in [5.74, 6) is 0. The van der Waals surface area contributed by atoms with E-state index in [2.05, 4.69) is 12.6 Å². The number of alkyl halides is 3. The van der Waals surface area contributed by atoms with Crippen molar-refractivity contribution < 1.29 is 18.1 Å². The standard InChI is InChI=1S/C7H4F3NO2S/c8-7(9,10)4-1-2-5(11(12)13)6(14)3-4/h1-3,14H. The second kappa shape index (κ2) is 3.49. The van der Waals surface area contributed by atoms with Gasteiger partial charge in [0.25, 0.3) is 5.69 Å². The largest absolute Gasteiger partial charge is 0.416 e. The van der Waals surface area contributed by atoms with E-state index in [1.165, 1.54) is 0 Å². The number of thiol groups is 1. The Balaban J connectivity index is 3.20. The van der Waals surface area contributed by atoms with Crippen molar-refractivity contribution in [2.75, 3.05) is 0 Å². The predicted octanol–water partition coefficient (Wildman–Crippen LogP) is 2.90. The van der Waals surface area contributed by atoms with Gasteiger partial charge < -0.3 is 0 Å². The molecular formula is C7H4F3NO2S. The maximum absolute atomic E-state index is 12.1. The van der Waals surface area contributed by atoms with Crippen LogP contribution in [0.4, 0.5) is 18.9 Å². The highest BCUT2D eigenvalue weighted by molar-refractivity contribution is 7.80. The highest BCUT2D eigenvalue weighted by Crippen LogP contribution is 2.33. The lowest BCUT2D eigenvalue weighted by molar-refractivity contribution is -0.387. The third-order valence-corrected chi connectivity index (χ3v) is 1.86. The van der Waals surface area contributed by atoms with E-state index in [0.29, 0.717) is 12.1 Å². The van der Waals surface area contributed by atoms with E-state index in [4.69, 9.17) is 0 Å². The van der Waals surface area contributed by atoms with Gasteiger partial charge in [0, 0.05) is 6.07 Å². The number of nitro groups is 1. The monoisotopic (exact) mass is 223 g/mol. The van der Waals surface area contributed by atoms with Crippen LogP contribution in [0.25, 0.3) is 0 Å². The zero-order valence-electron chi connectivity index (χ0n) is 6.58. The molecule has 0 fully saturated rings. The van der Waals surface area contributed by atoms with Crippen molar-refractivity contribution in [3.05, 3.63) is 33.9 Å². The van der Waals surface area contributed by atoms with Crippen LogP contribution in [0.3, 0.4) is 0 Å². The Morgan fingerprint density at radius 3 is 2.29 bits per heavy atom. The molecule has 1 rings (SSSR count). The first kappa shape index (κ1) is 10.8. The third-order valence-electron chi connectivity index (χ3n) is 1.50. The fraction of sp³-hybridized carbons (Fsp3) is 0.143. The first-order chi connectivity index (χ1) is 6.32. The molecule has 0 aliphatic heterocycles. The van der Waals surface area contributed by atoms with Crippen molar-refractivity contribution in [1.82, 2.24) is 0 Å². The maximum Gasteiger partial charge on any atom is 0.416 e. The molecule has 0 bridgehead atoms. The van der Waals surface area contributed by atoms with Gasteiger partial charge in [0.1, 0.15) is 0 Å². The minimum atomic E-state index is -4.51. The summed E-state index contributed by atoms with van der Waals surface area (Å²) in [6.45, 7) is 0. The van der Waals surface area contributed by atoms with Crippen LogP contribution in [0.1, 0.15) is 5.56 Å². The molecule has 0 saturated heterocycles. The van der Waals surface area contributed by atoms with Gasteiger partial charge in [-0.1, -0.05) is 0 Å². The first-order valence-electron chi connectivity index (χ1n) is 3.37. The van der Waals surface area contributed by atoms with Gasteiger partial charge in [0.15, 0.2) is 0 Å². The van der Waals surface area contributed by atoms with Crippen molar-refractivity contribution in [3.63, 3.8) is 0 Å². The molecule has 0 aliphatic carbocycles. The van der Waals surface area contributed by atoms with Crippen molar-refractivity contribution in [3.8, 4) is 0 Å². The molecule has 3 nitrogen and oxygen atoms in total. The highest BCUT2D eigenvalue weighted by atomic mass is 32.1. The molecule has 14 heavy (non-hydrogen) atoms. The summed E-state index contributed by atoms with van der Waals surface area (Å²) in [5.41, 5.74) is -1.39. The molecule has 0 unspecified atom stereocenters. The molecule has 7 heteroatoms. The smallest absolute Gasteiger partial charge is 0.258 e. The Kier molecular flexibility index (Phi) is 2.70. The molecule has 1 aromatic rings. The number of hydrogen-bond acceptors (Lipinski definition) is 3. The van der Waals surface area contributed by atoms with Gasteiger partial charge in [-0.15, -0.1) is 12.6 Å². The zero-order chi connectivity index (χ0) is 10.9. The number of rotatable bonds is 1. The minimum Gasteiger partial charge on any atom is -0.258 e. The molecule has 0 heterocycles. The summed E-state index contributed by atoms with van der Waals surface area (Å²) in [6.07, 6.45) is -4.51. The van der Waals surface area contributed by atoms with Gasteiger partial charge >= 0.3 is 6.18 Å². The lowest BCUT2D eigenvalue weighted by atomic mass is 10.2. The summed E-state index contributed by atoms with van der Waals surface area (Å²) in [6, 6.07) is 2.06. The highest BCUT2D eigenvalue weighted by Gasteiger charge is 2.31. The van der Waals surface area contributed by atoms with E-state index in [1.54, 1.807) is 0 Å². The van der Waals surface area contributed by atoms with E-state index in [1.807, 2.05) is 0 Å². The topological polar surface area (TPSA) is 43.1 Å². The van der Waals surface area contributed by atoms with E-state index in [0.717, 1.165) is 6.07 Å². The van der Waals surface area contributed by atoms with E-state index < -0.39 is 22.4 Å². The van der Waals surface area contributed by atoms with E-state index >= 15 is 0 Å². The molecule has 0 N–H and O–H groups in total. The van der Waals surface area contributed by atoms with Crippen LogP contribution in [0.5, 0.6) is 0 Å². The second-order valence-corrected chi connectivity index (χ2v) is 2.94. The van der Waals surface area contributed by atoms with Gasteiger partial charge in [-0.3, -0.25) is 10.1 Å². The molecular weight excluding hydrogens is 219 g/mol. The molecule has 0 radical (unpaired) electrons. The average Bonchev–Trinajstić information content (AvgIpc) is 2.01. The van der Waals surface area contributed by atoms with Crippen LogP contribution < -0.4 is 0 Å². The third kappa shape index (κ3) is 2.16. The minimum absolute atomic E-state index is 0.301. The van der Waals surface area contributed by atoms with Gasteiger partial charge in [0.05, 0.1) is 15.4 Å². The second-order valence-electron chi connectivity index (χ2n) is 2.46. The Morgan fingerprint density at radius 1 is 1.36 bits per heavy atom. The Bertz CT molecular complexity index is 378. The molecule has 0 aliphatic rings. The van der Waals surface area contributed by atoms with Gasteiger partial charge in [0.2, 0.25) is 0 Å². The Morgan fingerprint density at radius 2 is 1.93 bits per heavy atom. The number of nitrogens with zero attached hydrogens (tertiary/aromatic N) is 1. The van der Waals surface area contributed by atoms with Gasteiger partial charge in [-0.25, -0.2) is 0 Å². The SMILES string of the molecule is O=[N+]([O-])c1ccc(C(F)(F)F)cc1S. The molecule has 0 saturated carbocycles. The molecule has 76 valence electrons. The van der Waals surface area contributed by atoms with E-state index in [-0.39, 0.29) is 4.90 Å². The lowest BCUT2D eigenvalue weighted by Gasteiger charge is -2.06. The van der Waals surface area contributed by atoms with Crippen LogP contribution in [0.15, 0.2) is 23.1 Å². The van der Waals surface area contributed by atoms with Crippen molar-refractivity contribution in [2.24, 2.45) is 0 Å². The van der Waals surface area contributed by atoms with Crippen LogP contribution >= 0.6 is 12.6 Å². The van der Waals surface area contributed by atoms with Crippen LogP contribution in [-0.4, -0.2) is 4.92 Å². The summed E-state index contributed by atoms with van der Waals surface area (Å²) in [5, 5.41) is 10.3. The Hall–Kier alpha value is -1.24. The lowest BCUT2D eigenvalue weighted by Crippen LogP contribution is -2.05. The quantitative estimate of drug-likeness (QED) is 0.452. The van der Waals surface area contributed by atoms with Crippen LogP contribution in [0.2, 0.25) is 0 Å². The molecule has 0 spiro atoms. The van der Waals surface area contributed by atoms with Crippen molar-refractivity contribution in [1.29, 1.82) is 0 Å². The molecule has 0 atom stereocenters. The van der Waals surface area contributed by atoms with Crippen LogP contribution in [-0.2, 0) is 6.18 Å². The first-order valence-corrected chi connectivity index (χ1v) is 3.81. The fourth-order valence-corrected chi connectivity index (χ4v) is 1.15.